The third-order valence-corrected chi connectivity index (χ3v) is 4.10. The number of fused-ring (bicyclic) bond motifs is 1. The van der Waals surface area contributed by atoms with E-state index in [1.807, 2.05) is 25.4 Å². The summed E-state index contributed by atoms with van der Waals surface area (Å²) < 4.78 is 5.55. The Morgan fingerprint density at radius 1 is 1.22 bits per heavy atom. The SMILES string of the molecule is CNCC1(CNc2coc3ccccc23)CCC1. The molecule has 1 heterocycles. The zero-order valence-corrected chi connectivity index (χ0v) is 10.8. The van der Waals surface area contributed by atoms with Crippen LogP contribution in [0.5, 0.6) is 0 Å². The fraction of sp³-hybridized carbons (Fsp3) is 0.467. The fourth-order valence-electron chi connectivity index (χ4n) is 2.87. The van der Waals surface area contributed by atoms with Crippen LogP contribution in [0, 0.1) is 5.41 Å². The Kier molecular flexibility index (Phi) is 3.00. The Balaban J connectivity index is 1.73. The van der Waals surface area contributed by atoms with Crippen LogP contribution in [-0.2, 0) is 0 Å². The van der Waals surface area contributed by atoms with Crippen molar-refractivity contribution >= 4 is 16.7 Å². The van der Waals surface area contributed by atoms with Gasteiger partial charge in [-0.15, -0.1) is 0 Å². The van der Waals surface area contributed by atoms with Gasteiger partial charge in [0.2, 0.25) is 0 Å². The number of benzene rings is 1. The van der Waals surface area contributed by atoms with Crippen LogP contribution in [-0.4, -0.2) is 20.1 Å². The van der Waals surface area contributed by atoms with Gasteiger partial charge in [0.25, 0.3) is 0 Å². The zero-order chi connectivity index (χ0) is 12.4. The van der Waals surface area contributed by atoms with Crippen molar-refractivity contribution in [2.75, 3.05) is 25.5 Å². The van der Waals surface area contributed by atoms with Gasteiger partial charge in [0.05, 0.1) is 5.69 Å². The molecule has 3 nitrogen and oxygen atoms in total. The van der Waals surface area contributed by atoms with E-state index in [2.05, 4.69) is 22.8 Å². The van der Waals surface area contributed by atoms with Crippen molar-refractivity contribution < 1.29 is 4.42 Å². The van der Waals surface area contributed by atoms with E-state index in [0.717, 1.165) is 24.4 Å². The molecule has 0 unspecified atom stereocenters. The summed E-state index contributed by atoms with van der Waals surface area (Å²) >= 11 is 0. The van der Waals surface area contributed by atoms with Crippen molar-refractivity contribution in [1.82, 2.24) is 5.32 Å². The second-order valence-corrected chi connectivity index (χ2v) is 5.38. The lowest BCUT2D eigenvalue weighted by molar-refractivity contribution is 0.151. The van der Waals surface area contributed by atoms with Crippen molar-refractivity contribution in [3.63, 3.8) is 0 Å². The molecule has 18 heavy (non-hydrogen) atoms. The lowest BCUT2D eigenvalue weighted by Gasteiger charge is -2.42. The van der Waals surface area contributed by atoms with Crippen LogP contribution in [0.15, 0.2) is 34.9 Å². The van der Waals surface area contributed by atoms with Gasteiger partial charge in [-0.05, 0) is 32.0 Å². The number of para-hydroxylation sites is 1. The molecular weight excluding hydrogens is 224 g/mol. The molecule has 1 aromatic carbocycles. The van der Waals surface area contributed by atoms with Gasteiger partial charge in [-0.1, -0.05) is 18.6 Å². The van der Waals surface area contributed by atoms with E-state index in [1.165, 1.54) is 24.6 Å². The van der Waals surface area contributed by atoms with Crippen LogP contribution >= 0.6 is 0 Å². The van der Waals surface area contributed by atoms with E-state index < -0.39 is 0 Å². The van der Waals surface area contributed by atoms with Crippen LogP contribution in [0.2, 0.25) is 0 Å². The molecule has 1 fully saturated rings. The minimum atomic E-state index is 0.438. The molecule has 2 aromatic rings. The first-order chi connectivity index (χ1) is 8.83. The summed E-state index contributed by atoms with van der Waals surface area (Å²) in [6, 6.07) is 8.17. The standard InChI is InChI=1S/C15H20N2O/c1-16-10-15(7-4-8-15)11-17-13-9-18-14-6-3-2-5-12(13)14/h2-3,5-6,9,16-17H,4,7-8,10-11H2,1H3. The van der Waals surface area contributed by atoms with Crippen LogP contribution < -0.4 is 10.6 Å². The van der Waals surface area contributed by atoms with E-state index >= 15 is 0 Å². The molecule has 0 saturated heterocycles. The van der Waals surface area contributed by atoms with Crippen LogP contribution in [0.4, 0.5) is 5.69 Å². The topological polar surface area (TPSA) is 37.2 Å². The van der Waals surface area contributed by atoms with E-state index in [4.69, 9.17) is 4.42 Å². The smallest absolute Gasteiger partial charge is 0.136 e. The molecule has 1 saturated carbocycles. The highest BCUT2D eigenvalue weighted by Gasteiger charge is 2.36. The summed E-state index contributed by atoms with van der Waals surface area (Å²) in [6.45, 7) is 2.12. The quantitative estimate of drug-likeness (QED) is 0.848. The highest BCUT2D eigenvalue weighted by molar-refractivity contribution is 5.90. The molecule has 2 N–H and O–H groups in total. The zero-order valence-electron chi connectivity index (χ0n) is 10.8. The van der Waals surface area contributed by atoms with Gasteiger partial charge in [-0.25, -0.2) is 0 Å². The number of hydrogen-bond donors (Lipinski definition) is 2. The lowest BCUT2D eigenvalue weighted by Crippen LogP contribution is -2.44. The van der Waals surface area contributed by atoms with Crippen molar-refractivity contribution in [2.45, 2.75) is 19.3 Å². The van der Waals surface area contributed by atoms with E-state index in [0.29, 0.717) is 5.41 Å². The second kappa shape index (κ2) is 4.65. The molecule has 1 aromatic heterocycles. The average molecular weight is 244 g/mol. The van der Waals surface area contributed by atoms with Gasteiger partial charge in [0.15, 0.2) is 0 Å². The summed E-state index contributed by atoms with van der Waals surface area (Å²) in [5.74, 6) is 0. The van der Waals surface area contributed by atoms with Gasteiger partial charge in [-0.3, -0.25) is 0 Å². The van der Waals surface area contributed by atoms with Crippen molar-refractivity contribution in [2.24, 2.45) is 5.41 Å². The van der Waals surface area contributed by atoms with E-state index in [9.17, 15) is 0 Å². The Hall–Kier alpha value is -1.48. The third kappa shape index (κ3) is 1.99. The second-order valence-electron chi connectivity index (χ2n) is 5.38. The largest absolute Gasteiger partial charge is 0.462 e. The molecule has 0 radical (unpaired) electrons. The van der Waals surface area contributed by atoms with Gasteiger partial charge in [0, 0.05) is 23.9 Å². The van der Waals surface area contributed by atoms with Crippen LogP contribution in [0.25, 0.3) is 11.0 Å². The molecule has 1 aliphatic rings. The molecule has 0 spiro atoms. The Bertz CT molecular complexity index is 528. The van der Waals surface area contributed by atoms with Gasteiger partial charge >= 0.3 is 0 Å². The molecule has 3 rings (SSSR count). The van der Waals surface area contributed by atoms with Crippen molar-refractivity contribution in [1.29, 1.82) is 0 Å². The molecule has 96 valence electrons. The number of hydrogen-bond acceptors (Lipinski definition) is 3. The third-order valence-electron chi connectivity index (χ3n) is 4.10. The molecule has 0 amide bonds. The predicted octanol–water partition coefficient (Wildman–Crippen LogP) is 3.23. The van der Waals surface area contributed by atoms with Crippen LogP contribution in [0.1, 0.15) is 19.3 Å². The summed E-state index contributed by atoms with van der Waals surface area (Å²) in [5, 5.41) is 8.05. The number of furan rings is 1. The first-order valence-corrected chi connectivity index (χ1v) is 6.68. The molecule has 1 aliphatic carbocycles. The normalized spacial score (nSPS) is 17.6. The van der Waals surface area contributed by atoms with E-state index in [1.54, 1.807) is 0 Å². The fourth-order valence-corrected chi connectivity index (χ4v) is 2.87. The summed E-state index contributed by atoms with van der Waals surface area (Å²) in [7, 11) is 2.04. The number of nitrogens with one attached hydrogen (secondary N) is 2. The van der Waals surface area contributed by atoms with Crippen LogP contribution in [0.3, 0.4) is 0 Å². The molecule has 0 atom stereocenters. The Labute approximate surface area is 108 Å². The van der Waals surface area contributed by atoms with Gasteiger partial charge in [-0.2, -0.15) is 0 Å². The maximum Gasteiger partial charge on any atom is 0.136 e. The Morgan fingerprint density at radius 2 is 2.06 bits per heavy atom. The maximum atomic E-state index is 5.55. The highest BCUT2D eigenvalue weighted by atomic mass is 16.3. The van der Waals surface area contributed by atoms with Crippen molar-refractivity contribution in [3.05, 3.63) is 30.5 Å². The lowest BCUT2D eigenvalue weighted by atomic mass is 9.68. The first kappa shape index (κ1) is 11.6. The molecule has 0 bridgehead atoms. The summed E-state index contributed by atoms with van der Waals surface area (Å²) in [5.41, 5.74) is 2.51. The van der Waals surface area contributed by atoms with Gasteiger partial charge < -0.3 is 15.1 Å². The van der Waals surface area contributed by atoms with E-state index in [-0.39, 0.29) is 0 Å². The Morgan fingerprint density at radius 3 is 2.78 bits per heavy atom. The number of rotatable bonds is 5. The predicted molar refractivity (Wildman–Crippen MR) is 74.9 cm³/mol. The summed E-state index contributed by atoms with van der Waals surface area (Å²) in [6.07, 6.45) is 5.82. The monoisotopic (exact) mass is 244 g/mol. The minimum Gasteiger partial charge on any atom is -0.462 e. The van der Waals surface area contributed by atoms with Gasteiger partial charge in [0.1, 0.15) is 11.8 Å². The molecule has 0 aliphatic heterocycles. The highest BCUT2D eigenvalue weighted by Crippen LogP contribution is 2.40. The molecular formula is C15H20N2O. The molecule has 3 heteroatoms. The number of anilines is 1. The maximum absolute atomic E-state index is 5.55. The average Bonchev–Trinajstić information content (AvgIpc) is 2.76. The summed E-state index contributed by atoms with van der Waals surface area (Å²) in [4.78, 5) is 0. The minimum absolute atomic E-state index is 0.438. The van der Waals surface area contributed by atoms with Crippen molar-refractivity contribution in [3.8, 4) is 0 Å². The first-order valence-electron chi connectivity index (χ1n) is 6.68.